The van der Waals surface area contributed by atoms with Crippen LogP contribution in [0, 0.1) is 34.6 Å². The summed E-state index contributed by atoms with van der Waals surface area (Å²) in [6, 6.07) is 36.7. The number of rotatable bonds is 9. The molecule has 1 unspecified atom stereocenters. The highest BCUT2D eigenvalue weighted by Gasteiger charge is 2.50. The average molecular weight is 1040 g/mol. The van der Waals surface area contributed by atoms with Gasteiger partial charge in [-0.2, -0.15) is 0 Å². The van der Waals surface area contributed by atoms with Crippen molar-refractivity contribution in [2.24, 2.45) is 0 Å². The predicted molar refractivity (Wildman–Crippen MR) is 311 cm³/mol. The number of aromatic hydroxyl groups is 10. The van der Waals surface area contributed by atoms with Gasteiger partial charge in [0.2, 0.25) is 17.2 Å². The lowest BCUT2D eigenvalue weighted by atomic mass is 9.66. The zero-order valence-corrected chi connectivity index (χ0v) is 44.3. The first-order chi connectivity index (χ1) is 37.4. The number of hydrogen-bond donors (Lipinski definition) is 10. The molecule has 0 saturated carbocycles. The molecule has 10 nitrogen and oxygen atoms in total. The summed E-state index contributed by atoms with van der Waals surface area (Å²) in [7, 11) is 0. The van der Waals surface area contributed by atoms with Gasteiger partial charge in [-0.25, -0.2) is 0 Å². The van der Waals surface area contributed by atoms with Gasteiger partial charge in [0.1, 0.15) is 5.75 Å². The summed E-state index contributed by atoms with van der Waals surface area (Å²) in [5.74, 6) is -7.36. The van der Waals surface area contributed by atoms with Crippen molar-refractivity contribution < 1.29 is 51.1 Å². The van der Waals surface area contributed by atoms with Gasteiger partial charge in [0.05, 0.1) is 16.5 Å². The highest BCUT2D eigenvalue weighted by molar-refractivity contribution is 5.97. The Kier molecular flexibility index (Phi) is 14.5. The number of hydrogen-bond acceptors (Lipinski definition) is 10. The number of allylic oxidation sites excluding steroid dienone is 8. The van der Waals surface area contributed by atoms with E-state index >= 15 is 0 Å². The van der Waals surface area contributed by atoms with Crippen LogP contribution < -0.4 is 0 Å². The Balaban J connectivity index is 0.000000308. The summed E-state index contributed by atoms with van der Waals surface area (Å²) in [4.78, 5) is 0. The molecule has 10 N–H and O–H groups in total. The zero-order chi connectivity index (χ0) is 55.9. The summed E-state index contributed by atoms with van der Waals surface area (Å²) in [6.45, 7) is 15.0. The van der Waals surface area contributed by atoms with E-state index in [1.807, 2.05) is 68.5 Å². The molecule has 2 aliphatic rings. The molecule has 394 valence electrons. The fourth-order valence-corrected chi connectivity index (χ4v) is 11.4. The van der Waals surface area contributed by atoms with Gasteiger partial charge in [0.25, 0.3) is 0 Å². The molecule has 0 aliphatic heterocycles. The van der Waals surface area contributed by atoms with Crippen molar-refractivity contribution in [3.8, 4) is 102 Å². The van der Waals surface area contributed by atoms with Crippen molar-refractivity contribution in [2.75, 3.05) is 0 Å². The lowest BCUT2D eigenvalue weighted by Gasteiger charge is -2.36. The highest BCUT2D eigenvalue weighted by atomic mass is 16.3. The molecule has 78 heavy (non-hydrogen) atoms. The van der Waals surface area contributed by atoms with Crippen LogP contribution in [0.25, 0.3) is 56.2 Å². The Morgan fingerprint density at radius 1 is 0.513 bits per heavy atom. The van der Waals surface area contributed by atoms with E-state index in [9.17, 15) is 51.1 Å². The largest absolute Gasteiger partial charge is 0.507 e. The smallest absolute Gasteiger partial charge is 0.201 e. The third kappa shape index (κ3) is 8.84. The maximum absolute atomic E-state index is 11.8. The second-order valence-electron chi connectivity index (χ2n) is 20.0. The molecule has 0 radical (unpaired) electrons. The van der Waals surface area contributed by atoms with Crippen LogP contribution in [0.15, 0.2) is 164 Å². The number of aryl methyl sites for hydroxylation is 3. The lowest BCUT2D eigenvalue weighted by molar-refractivity contribution is 0.351. The first-order valence-corrected chi connectivity index (χ1v) is 25.7. The maximum Gasteiger partial charge on any atom is 0.201 e. The van der Waals surface area contributed by atoms with Crippen molar-refractivity contribution >= 4 is 11.6 Å². The summed E-state index contributed by atoms with van der Waals surface area (Å²) < 4.78 is 0. The number of fused-ring (bicyclic) bond motifs is 1. The van der Waals surface area contributed by atoms with Crippen LogP contribution >= 0.6 is 0 Å². The van der Waals surface area contributed by atoms with E-state index in [-0.39, 0.29) is 44.5 Å². The Labute approximate surface area is 454 Å². The molecule has 0 heterocycles. The SMILES string of the molecule is C=Cc1c(O)c(O)c(O)c(C2(c3ccc(-c4c(C)c(-c5c(C)c(-c6ccc(C)cc6)c(O)c(O)c5O)c(O)c(O)c4O)cc3)/C(=C/C=C\C)Cc3ccccc32)c1O.Cc1ccccc1-c1cc(C2=CC=CCC2)ccc1C. The monoisotopic (exact) mass is 1040 g/mol. The molecular weight excluding hydrogens is 977 g/mol. The second kappa shape index (κ2) is 21.2. The van der Waals surface area contributed by atoms with Gasteiger partial charge in [-0.1, -0.05) is 164 Å². The van der Waals surface area contributed by atoms with E-state index in [1.54, 1.807) is 50.2 Å². The molecule has 2 aliphatic carbocycles. The van der Waals surface area contributed by atoms with Gasteiger partial charge in [0.15, 0.2) is 34.5 Å². The molecule has 0 saturated heterocycles. The maximum atomic E-state index is 11.8. The molecule has 0 fully saturated rings. The van der Waals surface area contributed by atoms with Gasteiger partial charge in [0, 0.05) is 22.3 Å². The van der Waals surface area contributed by atoms with Crippen molar-refractivity contribution in [1.82, 2.24) is 0 Å². The minimum atomic E-state index is -1.45. The molecule has 8 aromatic rings. The third-order valence-electron chi connectivity index (χ3n) is 15.4. The number of phenols is 10. The zero-order valence-electron chi connectivity index (χ0n) is 44.3. The third-order valence-corrected chi connectivity index (χ3v) is 15.4. The van der Waals surface area contributed by atoms with E-state index in [0.717, 1.165) is 24.0 Å². The Morgan fingerprint density at radius 3 is 1.63 bits per heavy atom. The van der Waals surface area contributed by atoms with Crippen LogP contribution in [-0.4, -0.2) is 51.1 Å². The standard InChI is InChI=1S/C48H42O10.C20H20/c1-6-8-12-30-22-28-11-9-10-13-32(28)48(30,37-38(49)31(7-2)39(50)45(56)44(37)55)29-20-18-27(19-21-29)34-25(5)36(43(54)47(58)41(34)52)35-24(4)33(40(51)46(57)42(35)53)26-16-14-23(3)15-17-26;1-15-8-6-7-11-19(15)20-14-18(13-12-16(20)2)17-9-4-3-5-10-17/h6-21,49-58H,2,22H2,1,3-5H3;3-4,6-9,11-14H,5,10H2,1-2H3/b8-6-,30-12+;. The molecule has 1 atom stereocenters. The van der Waals surface area contributed by atoms with Crippen molar-refractivity contribution in [1.29, 1.82) is 0 Å². The van der Waals surface area contributed by atoms with Gasteiger partial charge < -0.3 is 51.1 Å². The van der Waals surface area contributed by atoms with Crippen molar-refractivity contribution in [3.63, 3.8) is 0 Å². The van der Waals surface area contributed by atoms with Gasteiger partial charge in [-0.3, -0.25) is 0 Å². The lowest BCUT2D eigenvalue weighted by Crippen LogP contribution is -2.29. The molecule has 0 aromatic heterocycles. The van der Waals surface area contributed by atoms with Crippen LogP contribution in [0.4, 0.5) is 0 Å². The van der Waals surface area contributed by atoms with Gasteiger partial charge >= 0.3 is 0 Å². The Bertz CT molecular complexity index is 3840. The van der Waals surface area contributed by atoms with Crippen LogP contribution in [0.5, 0.6) is 57.5 Å². The number of phenolic OH excluding ortho intramolecular Hbond substituents is 10. The van der Waals surface area contributed by atoms with Crippen LogP contribution in [-0.2, 0) is 11.8 Å². The quantitative estimate of drug-likeness (QED) is 0.0490. The van der Waals surface area contributed by atoms with Crippen molar-refractivity contribution in [3.05, 3.63) is 225 Å². The van der Waals surface area contributed by atoms with E-state index in [2.05, 4.69) is 81.1 Å². The molecule has 10 heteroatoms. The molecule has 10 rings (SSSR count). The molecule has 8 aromatic carbocycles. The first kappa shape index (κ1) is 53.3. The number of benzene rings is 8. The molecule has 0 bridgehead atoms. The predicted octanol–water partition coefficient (Wildman–Crippen LogP) is 15.4. The molecular formula is C68H62O10. The highest BCUT2D eigenvalue weighted by Crippen LogP contribution is 2.62. The Morgan fingerprint density at radius 2 is 1.05 bits per heavy atom. The normalized spacial score (nSPS) is 15.3. The average Bonchev–Trinajstić information content (AvgIpc) is 3.99. The fourth-order valence-electron chi connectivity index (χ4n) is 11.4. The van der Waals surface area contributed by atoms with Crippen LogP contribution in [0.3, 0.4) is 0 Å². The Hall–Kier alpha value is -9.54. The minimum absolute atomic E-state index is 0.0626. The summed E-state index contributed by atoms with van der Waals surface area (Å²) >= 11 is 0. The minimum Gasteiger partial charge on any atom is -0.507 e. The van der Waals surface area contributed by atoms with E-state index in [4.69, 9.17) is 0 Å². The fraction of sp³-hybridized carbons (Fsp3) is 0.147. The van der Waals surface area contributed by atoms with E-state index < -0.39 is 62.9 Å². The molecule has 0 amide bonds. The summed E-state index contributed by atoms with van der Waals surface area (Å²) in [5.41, 5.74) is 11.5. The van der Waals surface area contributed by atoms with Crippen LogP contribution in [0.1, 0.15) is 81.0 Å². The van der Waals surface area contributed by atoms with E-state index in [1.165, 1.54) is 39.5 Å². The van der Waals surface area contributed by atoms with Crippen molar-refractivity contribution in [2.45, 2.75) is 66.2 Å². The molecule has 0 spiro atoms. The summed E-state index contributed by atoms with van der Waals surface area (Å²) in [5, 5.41) is 113. The first-order valence-electron chi connectivity index (χ1n) is 25.7. The van der Waals surface area contributed by atoms with Crippen LogP contribution in [0.2, 0.25) is 0 Å². The van der Waals surface area contributed by atoms with Gasteiger partial charge in [-0.15, -0.1) is 0 Å². The van der Waals surface area contributed by atoms with E-state index in [0.29, 0.717) is 34.2 Å². The van der Waals surface area contributed by atoms with Gasteiger partial charge in [-0.05, 0) is 145 Å². The second-order valence-corrected chi connectivity index (χ2v) is 20.0. The topological polar surface area (TPSA) is 202 Å². The summed E-state index contributed by atoms with van der Waals surface area (Å²) in [6.07, 6.45) is 16.0.